The first-order valence-electron chi connectivity index (χ1n) is 5.31. The van der Waals surface area contributed by atoms with Crippen LogP contribution in [0, 0.1) is 0 Å². The molecule has 0 N–H and O–H groups in total. The van der Waals surface area contributed by atoms with E-state index in [1.54, 1.807) is 28.4 Å². The van der Waals surface area contributed by atoms with Gasteiger partial charge in [0.25, 0.3) is 0 Å². The van der Waals surface area contributed by atoms with Gasteiger partial charge in [-0.1, -0.05) is 0 Å². The summed E-state index contributed by atoms with van der Waals surface area (Å²) in [6.07, 6.45) is 0.891. The predicted molar refractivity (Wildman–Crippen MR) is 64.1 cm³/mol. The van der Waals surface area contributed by atoms with Crippen LogP contribution < -0.4 is 0 Å². The molecule has 0 aromatic carbocycles. The second-order valence-electron chi connectivity index (χ2n) is 4.49. The molecule has 1 aliphatic rings. The van der Waals surface area contributed by atoms with Gasteiger partial charge in [-0.2, -0.15) is 0 Å². The van der Waals surface area contributed by atoms with Crippen LogP contribution in [0.5, 0.6) is 0 Å². The highest BCUT2D eigenvalue weighted by Crippen LogP contribution is 2.39. The first-order valence-corrected chi connectivity index (χ1v) is 10.1. The van der Waals surface area contributed by atoms with Gasteiger partial charge in [0.1, 0.15) is 0 Å². The van der Waals surface area contributed by atoms with Crippen LogP contribution in [0.4, 0.5) is 0 Å². The molecule has 0 atom stereocenters. The smallest absolute Gasteiger partial charge is 0.395 e. The SMILES string of the molecule is CO[Si]1(OC)CCC(C)(C)O[Si]1(OC)OC. The Hall–Kier alpha value is 0.234. The van der Waals surface area contributed by atoms with Crippen molar-refractivity contribution in [2.24, 2.45) is 0 Å². The summed E-state index contributed by atoms with van der Waals surface area (Å²) < 4.78 is 28.4. The van der Waals surface area contributed by atoms with Gasteiger partial charge in [-0.05, 0) is 26.3 Å². The summed E-state index contributed by atoms with van der Waals surface area (Å²) in [6.45, 7) is 4.08. The molecule has 1 aliphatic heterocycles. The maximum atomic E-state index is 6.06. The van der Waals surface area contributed by atoms with E-state index < -0.39 is 16.4 Å². The van der Waals surface area contributed by atoms with Crippen LogP contribution >= 0.6 is 0 Å². The lowest BCUT2D eigenvalue weighted by Gasteiger charge is -2.48. The largest absolute Gasteiger partial charge is 0.539 e. The van der Waals surface area contributed by atoms with Gasteiger partial charge in [0.05, 0.1) is 5.60 Å². The Morgan fingerprint density at radius 1 is 0.938 bits per heavy atom. The minimum atomic E-state index is -2.85. The van der Waals surface area contributed by atoms with Crippen molar-refractivity contribution in [2.75, 3.05) is 28.4 Å². The van der Waals surface area contributed by atoms with E-state index in [4.69, 9.17) is 22.1 Å². The summed E-state index contributed by atoms with van der Waals surface area (Å²) in [4.78, 5) is 0. The zero-order valence-electron chi connectivity index (χ0n) is 11.0. The lowest BCUT2D eigenvalue weighted by molar-refractivity contribution is -0.00830. The monoisotopic (exact) mass is 266 g/mol. The molecule has 0 aliphatic carbocycles. The minimum absolute atomic E-state index is 0.244. The average molecular weight is 266 g/mol. The summed E-state index contributed by atoms with van der Waals surface area (Å²) in [6, 6.07) is 0.834. The average Bonchev–Trinajstić information content (AvgIpc) is 2.28. The number of hydrogen-bond donors (Lipinski definition) is 0. The van der Waals surface area contributed by atoms with E-state index in [2.05, 4.69) is 0 Å². The van der Waals surface area contributed by atoms with Crippen LogP contribution in [0.25, 0.3) is 0 Å². The normalized spacial score (nSPS) is 26.6. The first kappa shape index (κ1) is 14.3. The molecule has 1 rings (SSSR count). The van der Waals surface area contributed by atoms with Crippen LogP contribution in [0.15, 0.2) is 0 Å². The lowest BCUT2D eigenvalue weighted by Crippen LogP contribution is -2.75. The fourth-order valence-electron chi connectivity index (χ4n) is 2.13. The zero-order valence-corrected chi connectivity index (χ0v) is 13.0. The second-order valence-corrected chi connectivity index (χ2v) is 13.6. The van der Waals surface area contributed by atoms with E-state index in [0.717, 1.165) is 12.5 Å². The van der Waals surface area contributed by atoms with Gasteiger partial charge in [0, 0.05) is 28.4 Å². The molecule has 0 spiro atoms. The molecule has 0 saturated carbocycles. The summed E-state index contributed by atoms with van der Waals surface area (Å²) in [5, 5.41) is 0. The topological polar surface area (TPSA) is 46.2 Å². The van der Waals surface area contributed by atoms with Crippen LogP contribution in [-0.2, 0) is 22.1 Å². The summed E-state index contributed by atoms with van der Waals surface area (Å²) >= 11 is 0. The Balaban J connectivity index is 3.09. The molecule has 0 aromatic rings. The van der Waals surface area contributed by atoms with Crippen LogP contribution in [-0.4, -0.2) is 50.4 Å². The highest BCUT2D eigenvalue weighted by atomic mass is 29.3. The van der Waals surface area contributed by atoms with Crippen molar-refractivity contribution < 1.29 is 22.1 Å². The zero-order chi connectivity index (χ0) is 12.4. The van der Waals surface area contributed by atoms with Crippen molar-refractivity contribution >= 4 is 16.4 Å². The minimum Gasteiger partial charge on any atom is -0.395 e. The van der Waals surface area contributed by atoms with Crippen molar-refractivity contribution in [3.05, 3.63) is 0 Å². The number of hydrogen-bond acceptors (Lipinski definition) is 5. The Kier molecular flexibility index (Phi) is 4.33. The van der Waals surface area contributed by atoms with Gasteiger partial charge < -0.3 is 22.1 Å². The quantitative estimate of drug-likeness (QED) is 0.716. The van der Waals surface area contributed by atoms with E-state index in [9.17, 15) is 0 Å². The fraction of sp³-hybridized carbons (Fsp3) is 1.00. The molecule has 0 amide bonds. The molecule has 96 valence electrons. The maximum absolute atomic E-state index is 6.06. The van der Waals surface area contributed by atoms with Crippen molar-refractivity contribution in [3.63, 3.8) is 0 Å². The molecular formula is C9H22O5Si2. The van der Waals surface area contributed by atoms with E-state index in [1.807, 2.05) is 13.8 Å². The molecule has 1 heterocycles. The third kappa shape index (κ3) is 2.13. The summed E-state index contributed by atoms with van der Waals surface area (Å²) in [7, 11) is 1.14. The molecule has 0 unspecified atom stereocenters. The van der Waals surface area contributed by atoms with Crippen molar-refractivity contribution in [2.45, 2.75) is 31.9 Å². The van der Waals surface area contributed by atoms with Crippen molar-refractivity contribution in [1.82, 2.24) is 0 Å². The third-order valence-electron chi connectivity index (χ3n) is 3.13. The van der Waals surface area contributed by atoms with E-state index in [0.29, 0.717) is 0 Å². The molecular weight excluding hydrogens is 244 g/mol. The van der Waals surface area contributed by atoms with Crippen molar-refractivity contribution in [1.29, 1.82) is 0 Å². The van der Waals surface area contributed by atoms with E-state index >= 15 is 0 Å². The van der Waals surface area contributed by atoms with Crippen LogP contribution in [0.2, 0.25) is 6.04 Å². The predicted octanol–water partition coefficient (Wildman–Crippen LogP) is 1.23. The Morgan fingerprint density at radius 3 is 1.81 bits per heavy atom. The first-order chi connectivity index (χ1) is 7.41. The molecule has 1 fully saturated rings. The standard InChI is InChI=1S/C9H22O5Si2/c1-9(2)7-8-15(10-3,11-4)16(12-5,13-6)14-9/h7-8H2,1-6H3. The van der Waals surface area contributed by atoms with Gasteiger partial charge in [-0.15, -0.1) is 0 Å². The van der Waals surface area contributed by atoms with Gasteiger partial charge in [-0.25, -0.2) is 0 Å². The lowest BCUT2D eigenvalue weighted by atomic mass is 10.1. The number of rotatable bonds is 4. The Bertz CT molecular complexity index is 238. The molecule has 0 aromatic heterocycles. The van der Waals surface area contributed by atoms with Crippen LogP contribution in [0.1, 0.15) is 20.3 Å². The molecule has 0 bridgehead atoms. The van der Waals surface area contributed by atoms with Gasteiger partial charge >= 0.3 is 16.4 Å². The van der Waals surface area contributed by atoms with Crippen molar-refractivity contribution in [3.8, 4) is 0 Å². The summed E-state index contributed by atoms with van der Waals surface area (Å²) in [5.41, 5.74) is -0.244. The molecule has 5 nitrogen and oxygen atoms in total. The molecule has 0 radical (unpaired) electrons. The molecule has 7 heteroatoms. The Labute approximate surface area is 99.4 Å². The summed E-state index contributed by atoms with van der Waals surface area (Å²) in [5.74, 6) is 0. The molecule has 16 heavy (non-hydrogen) atoms. The maximum Gasteiger partial charge on any atom is 0.539 e. The molecule has 1 saturated heterocycles. The highest BCUT2D eigenvalue weighted by Gasteiger charge is 2.70. The fourth-order valence-corrected chi connectivity index (χ4v) is 12.3. The third-order valence-corrected chi connectivity index (χ3v) is 14.5. The van der Waals surface area contributed by atoms with E-state index in [1.165, 1.54) is 0 Å². The van der Waals surface area contributed by atoms with E-state index in [-0.39, 0.29) is 5.60 Å². The van der Waals surface area contributed by atoms with Crippen LogP contribution in [0.3, 0.4) is 0 Å². The van der Waals surface area contributed by atoms with Gasteiger partial charge in [-0.3, -0.25) is 0 Å². The second kappa shape index (κ2) is 4.85. The van der Waals surface area contributed by atoms with Gasteiger partial charge in [0.15, 0.2) is 0 Å². The van der Waals surface area contributed by atoms with Gasteiger partial charge in [0.2, 0.25) is 0 Å². The highest BCUT2D eigenvalue weighted by molar-refractivity contribution is 7.29. The Morgan fingerprint density at radius 2 is 1.44 bits per heavy atom.